The average molecular weight is 452 g/mol. The molecule has 1 aliphatic rings. The molecule has 0 fully saturated rings. The number of rotatable bonds is 2. The molecule has 0 saturated carbocycles. The molecule has 2 aromatic heterocycles. The van der Waals surface area contributed by atoms with Crippen molar-refractivity contribution in [3.8, 4) is 22.4 Å². The summed E-state index contributed by atoms with van der Waals surface area (Å²) in [6, 6.07) is 20.0. The highest BCUT2D eigenvalue weighted by Gasteiger charge is 2.33. The largest absolute Gasteiger partial charge is 0.454 e. The second kappa shape index (κ2) is 7.17. The first-order chi connectivity index (χ1) is 16.3. The summed E-state index contributed by atoms with van der Waals surface area (Å²) in [4.78, 5) is 2.26. The van der Waals surface area contributed by atoms with Gasteiger partial charge in [-0.05, 0) is 47.9 Å². The Balaban J connectivity index is 1.65. The quantitative estimate of drug-likeness (QED) is 0.272. The average Bonchev–Trinajstić information content (AvgIpc) is 3.27. The molecule has 34 heavy (non-hydrogen) atoms. The molecule has 0 amide bonds. The SMILES string of the molecule is Cc1ccc2c(oc3c(-c4ccc5c(c4)N(C)CC5(C)C)c(F)ccc32)c1-c1cccc[n+]1C. The minimum atomic E-state index is -0.269. The van der Waals surface area contributed by atoms with Gasteiger partial charge in [0.15, 0.2) is 6.20 Å². The Morgan fingerprint density at radius 2 is 1.68 bits per heavy atom. The van der Waals surface area contributed by atoms with Gasteiger partial charge in [-0.15, -0.1) is 0 Å². The van der Waals surface area contributed by atoms with Crippen LogP contribution in [0.1, 0.15) is 25.0 Å². The molecule has 0 unspecified atom stereocenters. The molecule has 0 bridgehead atoms. The molecule has 3 aromatic carbocycles. The predicted molar refractivity (Wildman–Crippen MR) is 137 cm³/mol. The molecule has 6 rings (SSSR count). The van der Waals surface area contributed by atoms with E-state index in [2.05, 4.69) is 67.6 Å². The number of halogens is 1. The molecule has 3 heterocycles. The fourth-order valence-corrected chi connectivity index (χ4v) is 5.69. The Bertz CT molecular complexity index is 1610. The van der Waals surface area contributed by atoms with Crippen molar-refractivity contribution in [2.75, 3.05) is 18.5 Å². The lowest BCUT2D eigenvalue weighted by Crippen LogP contribution is -2.30. The van der Waals surface area contributed by atoms with Crippen molar-refractivity contribution in [2.24, 2.45) is 7.05 Å². The molecule has 0 spiro atoms. The van der Waals surface area contributed by atoms with Crippen LogP contribution in [0.4, 0.5) is 10.1 Å². The number of pyridine rings is 1. The second-order valence-electron chi connectivity index (χ2n) is 10.2. The van der Waals surface area contributed by atoms with E-state index in [4.69, 9.17) is 4.42 Å². The first-order valence-electron chi connectivity index (χ1n) is 11.7. The highest BCUT2D eigenvalue weighted by molar-refractivity contribution is 6.13. The van der Waals surface area contributed by atoms with Crippen molar-refractivity contribution in [1.29, 1.82) is 0 Å². The first kappa shape index (κ1) is 20.9. The number of hydrogen-bond acceptors (Lipinski definition) is 2. The Morgan fingerprint density at radius 1 is 0.941 bits per heavy atom. The van der Waals surface area contributed by atoms with E-state index in [1.165, 1.54) is 5.56 Å². The van der Waals surface area contributed by atoms with E-state index in [-0.39, 0.29) is 11.2 Å². The smallest absolute Gasteiger partial charge is 0.216 e. The van der Waals surface area contributed by atoms with Gasteiger partial charge in [0, 0.05) is 47.6 Å². The third kappa shape index (κ3) is 2.91. The highest BCUT2D eigenvalue weighted by atomic mass is 19.1. The van der Waals surface area contributed by atoms with Crippen LogP contribution >= 0.6 is 0 Å². The van der Waals surface area contributed by atoms with Gasteiger partial charge in [0.05, 0.1) is 11.1 Å². The first-order valence-corrected chi connectivity index (χ1v) is 11.7. The van der Waals surface area contributed by atoms with E-state index in [1.807, 2.05) is 37.5 Å². The van der Waals surface area contributed by atoms with E-state index in [9.17, 15) is 0 Å². The summed E-state index contributed by atoms with van der Waals surface area (Å²) in [5.41, 5.74) is 8.51. The maximum absolute atomic E-state index is 15.4. The minimum absolute atomic E-state index is 0.0736. The van der Waals surface area contributed by atoms with Gasteiger partial charge in [0.25, 0.3) is 0 Å². The van der Waals surface area contributed by atoms with E-state index in [0.29, 0.717) is 11.1 Å². The van der Waals surface area contributed by atoms with Crippen LogP contribution in [-0.2, 0) is 12.5 Å². The molecule has 4 heteroatoms. The highest BCUT2D eigenvalue weighted by Crippen LogP contribution is 2.45. The molecule has 170 valence electrons. The number of aryl methyl sites for hydroxylation is 2. The number of furan rings is 1. The van der Waals surface area contributed by atoms with Crippen molar-refractivity contribution in [3.63, 3.8) is 0 Å². The molecule has 0 radical (unpaired) electrons. The molecule has 0 saturated heterocycles. The van der Waals surface area contributed by atoms with Crippen LogP contribution in [0.2, 0.25) is 0 Å². The van der Waals surface area contributed by atoms with E-state index in [1.54, 1.807) is 6.07 Å². The molecule has 1 aliphatic heterocycles. The fourth-order valence-electron chi connectivity index (χ4n) is 5.69. The number of likely N-dealkylation sites (N-methyl/N-ethyl adjacent to an activating group) is 1. The number of anilines is 1. The minimum Gasteiger partial charge on any atom is -0.454 e. The number of aromatic nitrogens is 1. The lowest BCUT2D eigenvalue weighted by Gasteiger charge is -2.18. The molecular weight excluding hydrogens is 423 g/mol. The van der Waals surface area contributed by atoms with Gasteiger partial charge in [-0.1, -0.05) is 38.1 Å². The summed E-state index contributed by atoms with van der Waals surface area (Å²) < 4.78 is 24.1. The van der Waals surface area contributed by atoms with Crippen LogP contribution in [0.3, 0.4) is 0 Å². The summed E-state index contributed by atoms with van der Waals surface area (Å²) in [5.74, 6) is -0.269. The molecule has 3 nitrogen and oxygen atoms in total. The lowest BCUT2D eigenvalue weighted by atomic mass is 9.86. The molecular formula is C30H28FN2O+. The van der Waals surface area contributed by atoms with Crippen molar-refractivity contribution in [3.05, 3.63) is 83.8 Å². The summed E-state index contributed by atoms with van der Waals surface area (Å²) in [5, 5.41) is 1.93. The summed E-state index contributed by atoms with van der Waals surface area (Å²) in [6.07, 6.45) is 2.03. The van der Waals surface area contributed by atoms with Crippen LogP contribution in [-0.4, -0.2) is 13.6 Å². The van der Waals surface area contributed by atoms with Crippen LogP contribution in [0, 0.1) is 12.7 Å². The van der Waals surface area contributed by atoms with Gasteiger partial charge < -0.3 is 9.32 Å². The Labute approximate surface area is 199 Å². The molecule has 0 atom stereocenters. The summed E-state index contributed by atoms with van der Waals surface area (Å²) >= 11 is 0. The topological polar surface area (TPSA) is 20.3 Å². The second-order valence-corrected chi connectivity index (χ2v) is 10.2. The van der Waals surface area contributed by atoms with Crippen molar-refractivity contribution in [1.82, 2.24) is 0 Å². The van der Waals surface area contributed by atoms with Crippen LogP contribution < -0.4 is 9.47 Å². The number of fused-ring (bicyclic) bond motifs is 4. The van der Waals surface area contributed by atoms with E-state index < -0.39 is 0 Å². The fraction of sp³-hybridized carbons (Fsp3) is 0.233. The third-order valence-electron chi connectivity index (χ3n) is 7.34. The maximum Gasteiger partial charge on any atom is 0.216 e. The van der Waals surface area contributed by atoms with E-state index >= 15 is 4.39 Å². The van der Waals surface area contributed by atoms with Crippen molar-refractivity contribution in [2.45, 2.75) is 26.2 Å². The zero-order valence-electron chi connectivity index (χ0n) is 20.2. The van der Waals surface area contributed by atoms with Gasteiger partial charge >= 0.3 is 0 Å². The predicted octanol–water partition coefficient (Wildman–Crippen LogP) is 6.92. The van der Waals surface area contributed by atoms with Gasteiger partial charge in [0.2, 0.25) is 5.69 Å². The third-order valence-corrected chi connectivity index (χ3v) is 7.34. The number of nitrogens with zero attached hydrogens (tertiary/aromatic N) is 2. The summed E-state index contributed by atoms with van der Waals surface area (Å²) in [7, 11) is 4.13. The lowest BCUT2D eigenvalue weighted by molar-refractivity contribution is -0.660. The molecule has 0 aliphatic carbocycles. The van der Waals surface area contributed by atoms with Gasteiger partial charge in [0.1, 0.15) is 24.0 Å². The van der Waals surface area contributed by atoms with Gasteiger partial charge in [-0.3, -0.25) is 0 Å². The van der Waals surface area contributed by atoms with Gasteiger partial charge in [-0.25, -0.2) is 8.96 Å². The van der Waals surface area contributed by atoms with E-state index in [0.717, 1.165) is 51.0 Å². The molecule has 0 N–H and O–H groups in total. The maximum atomic E-state index is 15.4. The van der Waals surface area contributed by atoms with Crippen LogP contribution in [0.15, 0.2) is 71.3 Å². The Hall–Kier alpha value is -3.66. The number of hydrogen-bond donors (Lipinski definition) is 0. The van der Waals surface area contributed by atoms with Crippen LogP contribution in [0.25, 0.3) is 44.3 Å². The Morgan fingerprint density at radius 3 is 2.44 bits per heavy atom. The van der Waals surface area contributed by atoms with Crippen LogP contribution in [0.5, 0.6) is 0 Å². The summed E-state index contributed by atoms with van der Waals surface area (Å²) in [6.45, 7) is 7.54. The standard InChI is InChI=1S/C30H28FN2O/c1-18-9-11-20-21-12-14-23(31)27(19-10-13-22-25(16-19)33(5)17-30(22,2)3)29(21)34-28(20)26(18)24-8-6-7-15-32(24)4/h6-16H,17H2,1-5H3/q+1. The number of benzene rings is 3. The zero-order chi connectivity index (χ0) is 23.8. The molecule has 5 aromatic rings. The Kier molecular flexibility index (Phi) is 4.41. The van der Waals surface area contributed by atoms with Crippen molar-refractivity contribution >= 4 is 27.6 Å². The van der Waals surface area contributed by atoms with Gasteiger partial charge in [-0.2, -0.15) is 0 Å². The van der Waals surface area contributed by atoms with Crippen molar-refractivity contribution < 1.29 is 13.4 Å². The normalized spacial score (nSPS) is 14.8. The zero-order valence-corrected chi connectivity index (χ0v) is 20.2. The monoisotopic (exact) mass is 451 g/mol.